The molecule has 2 aromatic carbocycles. The highest BCUT2D eigenvalue weighted by Crippen LogP contribution is 2.33. The first kappa shape index (κ1) is 18.1. The molecule has 0 bridgehead atoms. The fourth-order valence-electron chi connectivity index (χ4n) is 3.27. The molecule has 0 radical (unpaired) electrons. The number of carbonyl (C=O) groups excluding carboxylic acids is 2. The van der Waals surface area contributed by atoms with Crippen molar-refractivity contribution in [2.75, 3.05) is 20.3 Å². The first-order valence-electron chi connectivity index (χ1n) is 8.81. The van der Waals surface area contributed by atoms with Crippen LogP contribution in [0.1, 0.15) is 39.5 Å². The van der Waals surface area contributed by atoms with E-state index < -0.39 is 0 Å². The molecule has 3 rings (SSSR count). The number of amides is 2. The van der Waals surface area contributed by atoms with Crippen molar-refractivity contribution in [3.63, 3.8) is 0 Å². The highest BCUT2D eigenvalue weighted by atomic mass is 16.5. The molecule has 0 saturated heterocycles. The molecule has 5 heteroatoms. The minimum Gasteiger partial charge on any atom is -0.383 e. The highest BCUT2D eigenvalue weighted by Gasteiger charge is 2.34. The number of nitrogens with one attached hydrogen (secondary N) is 1. The second-order valence-corrected chi connectivity index (χ2v) is 6.56. The summed E-state index contributed by atoms with van der Waals surface area (Å²) >= 11 is 0. The molecule has 0 aromatic heterocycles. The van der Waals surface area contributed by atoms with E-state index in [-0.39, 0.29) is 24.3 Å². The van der Waals surface area contributed by atoms with Crippen LogP contribution in [0.25, 0.3) is 0 Å². The van der Waals surface area contributed by atoms with Gasteiger partial charge in [-0.2, -0.15) is 0 Å². The van der Waals surface area contributed by atoms with Crippen molar-refractivity contribution < 1.29 is 14.3 Å². The van der Waals surface area contributed by atoms with E-state index in [0.29, 0.717) is 19.7 Å². The molecular weight excluding hydrogens is 328 g/mol. The molecule has 1 aliphatic rings. The number of hydrogen-bond donors (Lipinski definition) is 1. The third kappa shape index (κ3) is 3.94. The fourth-order valence-corrected chi connectivity index (χ4v) is 3.27. The van der Waals surface area contributed by atoms with Crippen molar-refractivity contribution >= 4 is 11.8 Å². The fraction of sp³-hybridized carbons (Fsp3) is 0.333. The van der Waals surface area contributed by atoms with Gasteiger partial charge in [-0.25, -0.2) is 0 Å². The Hall–Kier alpha value is -2.66. The summed E-state index contributed by atoms with van der Waals surface area (Å²) < 4.78 is 4.97. The van der Waals surface area contributed by atoms with E-state index in [1.54, 1.807) is 12.0 Å². The Labute approximate surface area is 154 Å². The molecule has 0 saturated carbocycles. The van der Waals surface area contributed by atoms with Crippen LogP contribution in [-0.2, 0) is 16.1 Å². The quantitative estimate of drug-likeness (QED) is 0.780. The molecule has 2 amide bonds. The lowest BCUT2D eigenvalue weighted by atomic mass is 10.0. The Morgan fingerprint density at radius 1 is 1.19 bits per heavy atom. The molecule has 2 aromatic rings. The number of aryl methyl sites for hydroxylation is 1. The van der Waals surface area contributed by atoms with Gasteiger partial charge in [-0.1, -0.05) is 48.0 Å². The average Bonchev–Trinajstić information content (AvgIpc) is 2.98. The van der Waals surface area contributed by atoms with Gasteiger partial charge in [-0.05, 0) is 24.1 Å². The smallest absolute Gasteiger partial charge is 0.255 e. The number of carbonyl (C=O) groups is 2. The van der Waals surface area contributed by atoms with Gasteiger partial charge in [0.25, 0.3) is 5.91 Å². The molecule has 1 heterocycles. The molecule has 5 nitrogen and oxygen atoms in total. The van der Waals surface area contributed by atoms with Crippen LogP contribution < -0.4 is 5.32 Å². The van der Waals surface area contributed by atoms with Crippen LogP contribution in [0.2, 0.25) is 0 Å². The van der Waals surface area contributed by atoms with Gasteiger partial charge in [0.15, 0.2) is 0 Å². The zero-order valence-corrected chi connectivity index (χ0v) is 15.2. The van der Waals surface area contributed by atoms with Crippen molar-refractivity contribution in [1.82, 2.24) is 10.2 Å². The SMILES string of the molecule is COCCNC(=O)C[C@H](c1ccc(C)cc1)N1Cc2ccccc2C1=O. The van der Waals surface area contributed by atoms with E-state index in [0.717, 1.165) is 22.3 Å². The van der Waals surface area contributed by atoms with Crippen LogP contribution in [-0.4, -0.2) is 37.0 Å². The lowest BCUT2D eigenvalue weighted by Gasteiger charge is -2.28. The van der Waals surface area contributed by atoms with Gasteiger partial charge in [0.2, 0.25) is 5.91 Å². The number of benzene rings is 2. The van der Waals surface area contributed by atoms with E-state index in [2.05, 4.69) is 5.32 Å². The third-order valence-corrected chi connectivity index (χ3v) is 4.69. The summed E-state index contributed by atoms with van der Waals surface area (Å²) in [6, 6.07) is 15.4. The summed E-state index contributed by atoms with van der Waals surface area (Å²) in [6.45, 7) is 3.48. The Morgan fingerprint density at radius 2 is 1.92 bits per heavy atom. The lowest BCUT2D eigenvalue weighted by molar-refractivity contribution is -0.122. The van der Waals surface area contributed by atoms with Crippen molar-refractivity contribution in [3.05, 3.63) is 70.8 Å². The van der Waals surface area contributed by atoms with Crippen LogP contribution in [0.15, 0.2) is 48.5 Å². The normalized spacial score (nSPS) is 14.2. The number of nitrogens with zero attached hydrogens (tertiary/aromatic N) is 1. The molecule has 0 unspecified atom stereocenters. The molecule has 0 aliphatic carbocycles. The van der Waals surface area contributed by atoms with Crippen molar-refractivity contribution in [2.24, 2.45) is 0 Å². The van der Waals surface area contributed by atoms with Crippen molar-refractivity contribution in [1.29, 1.82) is 0 Å². The number of hydrogen-bond acceptors (Lipinski definition) is 3. The van der Waals surface area contributed by atoms with Gasteiger partial charge in [-0.15, -0.1) is 0 Å². The molecule has 0 fully saturated rings. The molecule has 1 aliphatic heterocycles. The van der Waals surface area contributed by atoms with Gasteiger partial charge >= 0.3 is 0 Å². The Morgan fingerprint density at radius 3 is 2.62 bits per heavy atom. The van der Waals surface area contributed by atoms with Gasteiger partial charge in [0.05, 0.1) is 19.1 Å². The monoisotopic (exact) mass is 352 g/mol. The van der Waals surface area contributed by atoms with Gasteiger partial charge in [-0.3, -0.25) is 9.59 Å². The molecule has 1 N–H and O–H groups in total. The van der Waals surface area contributed by atoms with Gasteiger partial charge in [0.1, 0.15) is 0 Å². The summed E-state index contributed by atoms with van der Waals surface area (Å²) in [6.07, 6.45) is 0.229. The molecule has 26 heavy (non-hydrogen) atoms. The number of rotatable bonds is 7. The first-order chi connectivity index (χ1) is 12.6. The number of ether oxygens (including phenoxy) is 1. The van der Waals surface area contributed by atoms with Crippen LogP contribution in [0.5, 0.6) is 0 Å². The van der Waals surface area contributed by atoms with Crippen LogP contribution in [0, 0.1) is 6.92 Å². The average molecular weight is 352 g/mol. The largest absolute Gasteiger partial charge is 0.383 e. The summed E-state index contributed by atoms with van der Waals surface area (Å²) in [4.78, 5) is 27.1. The Bertz CT molecular complexity index is 786. The maximum atomic E-state index is 12.9. The third-order valence-electron chi connectivity index (χ3n) is 4.69. The zero-order valence-electron chi connectivity index (χ0n) is 15.2. The second kappa shape index (κ2) is 8.15. The van der Waals surface area contributed by atoms with Crippen LogP contribution in [0.4, 0.5) is 0 Å². The number of fused-ring (bicyclic) bond motifs is 1. The maximum absolute atomic E-state index is 12.9. The van der Waals surface area contributed by atoms with E-state index in [1.165, 1.54) is 0 Å². The minimum absolute atomic E-state index is 0.0177. The molecule has 1 atom stereocenters. The summed E-state index contributed by atoms with van der Waals surface area (Å²) in [5.41, 5.74) is 3.85. The summed E-state index contributed by atoms with van der Waals surface area (Å²) in [5, 5.41) is 2.85. The predicted octanol–water partition coefficient (Wildman–Crippen LogP) is 2.84. The van der Waals surface area contributed by atoms with Gasteiger partial charge < -0.3 is 15.0 Å². The minimum atomic E-state index is -0.293. The van der Waals surface area contributed by atoms with Crippen molar-refractivity contribution in [3.8, 4) is 0 Å². The van der Waals surface area contributed by atoms with E-state index in [4.69, 9.17) is 4.74 Å². The van der Waals surface area contributed by atoms with E-state index in [9.17, 15) is 9.59 Å². The van der Waals surface area contributed by atoms with Crippen LogP contribution in [0.3, 0.4) is 0 Å². The Kier molecular flexibility index (Phi) is 5.68. The zero-order chi connectivity index (χ0) is 18.5. The van der Waals surface area contributed by atoms with Crippen molar-refractivity contribution in [2.45, 2.75) is 25.9 Å². The topological polar surface area (TPSA) is 58.6 Å². The van der Waals surface area contributed by atoms with E-state index >= 15 is 0 Å². The molecular formula is C21H24N2O3. The molecule has 136 valence electrons. The standard InChI is InChI=1S/C21H24N2O3/c1-15-7-9-16(10-8-15)19(13-20(24)22-11-12-26-2)23-14-17-5-3-4-6-18(17)21(23)25/h3-10,19H,11-14H2,1-2H3,(H,22,24)/t19-/m1/s1. The lowest BCUT2D eigenvalue weighted by Crippen LogP contribution is -2.35. The summed E-state index contributed by atoms with van der Waals surface area (Å²) in [5.74, 6) is -0.104. The van der Waals surface area contributed by atoms with E-state index in [1.807, 2.05) is 55.5 Å². The maximum Gasteiger partial charge on any atom is 0.255 e. The highest BCUT2D eigenvalue weighted by molar-refractivity contribution is 5.98. The second-order valence-electron chi connectivity index (χ2n) is 6.56. The predicted molar refractivity (Wildman–Crippen MR) is 99.7 cm³/mol. The number of methoxy groups -OCH3 is 1. The van der Waals surface area contributed by atoms with Gasteiger partial charge in [0, 0.05) is 25.8 Å². The Balaban J connectivity index is 1.83. The van der Waals surface area contributed by atoms with Crippen LogP contribution >= 0.6 is 0 Å². The molecule has 0 spiro atoms. The summed E-state index contributed by atoms with van der Waals surface area (Å²) in [7, 11) is 1.60. The first-order valence-corrected chi connectivity index (χ1v) is 8.81.